The lowest BCUT2D eigenvalue weighted by Gasteiger charge is -2.40. The van der Waals surface area contributed by atoms with Gasteiger partial charge in [0.15, 0.2) is 0 Å². The third-order valence-corrected chi connectivity index (χ3v) is 9.27. The molecule has 1 amide bonds. The quantitative estimate of drug-likeness (QED) is 0.0871. The van der Waals surface area contributed by atoms with Crippen LogP contribution in [0.2, 0.25) is 0 Å². The van der Waals surface area contributed by atoms with Crippen LogP contribution >= 0.6 is 11.3 Å². The number of carbonyl (C=O) groups is 3. The summed E-state index contributed by atoms with van der Waals surface area (Å²) in [6.45, 7) is 8.13. The van der Waals surface area contributed by atoms with Crippen molar-refractivity contribution in [3.63, 3.8) is 0 Å². The minimum absolute atomic E-state index is 0.0960. The Morgan fingerprint density at radius 1 is 0.887 bits per heavy atom. The van der Waals surface area contributed by atoms with Crippen LogP contribution in [-0.2, 0) is 27.2 Å². The number of aromatic hydroxyl groups is 2. The second-order valence-electron chi connectivity index (χ2n) is 13.0. The summed E-state index contributed by atoms with van der Waals surface area (Å²) < 4.78 is 64.3. The molecule has 0 aliphatic heterocycles. The van der Waals surface area contributed by atoms with Crippen molar-refractivity contribution in [3.8, 4) is 11.5 Å². The van der Waals surface area contributed by atoms with Gasteiger partial charge in [0.05, 0.1) is 4.70 Å². The molecule has 3 aromatic rings. The van der Waals surface area contributed by atoms with Gasteiger partial charge < -0.3 is 40.9 Å². The standard InChI is InChI=1S/C30H42N4O4S.2C2HF3O2/c1-30(2)13-8-23(9-14-30)34(26(37)12-17-31-15-10-21-4-3-5-24(35)20-21)19-18-32-16-11-22-6-7-25(36)27-28(22)39-29(38)33-27;2*3-2(4,5)1(6)7/h3-7,20,23,31-32,35-36H,8-19H2,1-2H3,(H,33,38);2*(H,6,7). The summed E-state index contributed by atoms with van der Waals surface area (Å²) in [6.07, 6.45) is -3.80. The van der Waals surface area contributed by atoms with E-state index in [9.17, 15) is 46.1 Å². The highest BCUT2D eigenvalue weighted by Crippen LogP contribution is 2.37. The Morgan fingerprint density at radius 2 is 1.45 bits per heavy atom. The zero-order valence-corrected chi connectivity index (χ0v) is 29.9. The Morgan fingerprint density at radius 3 is 2.02 bits per heavy atom. The smallest absolute Gasteiger partial charge is 0.490 e. The zero-order chi connectivity index (χ0) is 40.0. The second kappa shape index (κ2) is 20.2. The van der Waals surface area contributed by atoms with Crippen LogP contribution in [-0.4, -0.2) is 99.3 Å². The number of nitrogens with one attached hydrogen (secondary N) is 3. The maximum atomic E-state index is 13.3. The van der Waals surface area contributed by atoms with Crippen molar-refractivity contribution in [3.05, 3.63) is 57.2 Å². The van der Waals surface area contributed by atoms with Crippen molar-refractivity contribution in [1.29, 1.82) is 0 Å². The van der Waals surface area contributed by atoms with Crippen molar-refractivity contribution in [2.75, 3.05) is 32.7 Å². The molecule has 0 bridgehead atoms. The van der Waals surface area contributed by atoms with E-state index in [-0.39, 0.29) is 28.3 Å². The first-order valence-corrected chi connectivity index (χ1v) is 17.3. The van der Waals surface area contributed by atoms with E-state index in [0.29, 0.717) is 37.0 Å². The molecule has 0 unspecified atom stereocenters. The van der Waals surface area contributed by atoms with Gasteiger partial charge in [0.2, 0.25) is 5.91 Å². The molecule has 53 heavy (non-hydrogen) atoms. The number of nitrogens with zero attached hydrogens (tertiary/aromatic N) is 1. The lowest BCUT2D eigenvalue weighted by Crippen LogP contribution is -2.47. The number of benzene rings is 2. The number of hydrogen-bond acceptors (Lipinski definition) is 9. The molecule has 0 radical (unpaired) electrons. The molecule has 0 atom stereocenters. The van der Waals surface area contributed by atoms with Gasteiger partial charge >= 0.3 is 29.2 Å². The van der Waals surface area contributed by atoms with E-state index >= 15 is 0 Å². The first kappa shape index (κ1) is 44.8. The van der Waals surface area contributed by atoms with Crippen molar-refractivity contribution in [1.82, 2.24) is 20.5 Å². The van der Waals surface area contributed by atoms with Crippen LogP contribution in [0.3, 0.4) is 0 Å². The van der Waals surface area contributed by atoms with E-state index in [1.165, 1.54) is 0 Å². The number of carbonyl (C=O) groups excluding carboxylic acids is 1. The minimum atomic E-state index is -5.08. The van der Waals surface area contributed by atoms with Crippen molar-refractivity contribution in [2.45, 2.75) is 77.2 Å². The van der Waals surface area contributed by atoms with Crippen LogP contribution in [0.4, 0.5) is 26.3 Å². The monoisotopic (exact) mass is 782 g/mol. The molecule has 7 N–H and O–H groups in total. The highest BCUT2D eigenvalue weighted by molar-refractivity contribution is 7.16. The Kier molecular flexibility index (Phi) is 17.1. The first-order chi connectivity index (χ1) is 24.6. The Balaban J connectivity index is 0.000000587. The number of rotatable bonds is 13. The number of aliphatic carboxylic acids is 2. The van der Waals surface area contributed by atoms with Gasteiger partial charge in [-0.3, -0.25) is 9.59 Å². The van der Waals surface area contributed by atoms with Gasteiger partial charge in [0.25, 0.3) is 0 Å². The molecule has 0 spiro atoms. The Bertz CT molecular complexity index is 1680. The number of fused-ring (bicyclic) bond motifs is 1. The largest absolute Gasteiger partial charge is 0.508 e. The van der Waals surface area contributed by atoms with Crippen molar-refractivity contribution >= 4 is 39.4 Å². The van der Waals surface area contributed by atoms with Gasteiger partial charge in [-0.1, -0.05) is 43.4 Å². The number of amides is 1. The van der Waals surface area contributed by atoms with E-state index in [2.05, 4.69) is 34.4 Å². The molecule has 2 aromatic carbocycles. The summed E-state index contributed by atoms with van der Waals surface area (Å²) in [5.41, 5.74) is 2.95. The van der Waals surface area contributed by atoms with Crippen molar-refractivity contribution < 1.29 is 61.2 Å². The summed E-state index contributed by atoms with van der Waals surface area (Å²) in [5.74, 6) is -4.94. The van der Waals surface area contributed by atoms with Crippen LogP contribution in [0.25, 0.3) is 10.2 Å². The number of aromatic nitrogens is 1. The van der Waals surface area contributed by atoms with Gasteiger partial charge in [0.1, 0.15) is 17.0 Å². The van der Waals surface area contributed by atoms with Crippen LogP contribution in [0.1, 0.15) is 57.1 Å². The molecule has 1 heterocycles. The van der Waals surface area contributed by atoms with Crippen LogP contribution in [0.5, 0.6) is 11.5 Å². The molecule has 4 rings (SSSR count). The van der Waals surface area contributed by atoms with E-state index in [1.54, 1.807) is 18.2 Å². The summed E-state index contributed by atoms with van der Waals surface area (Å²) in [6, 6.07) is 11.1. The van der Waals surface area contributed by atoms with Gasteiger partial charge in [-0.05, 0) is 86.4 Å². The fourth-order valence-corrected chi connectivity index (χ4v) is 6.33. The normalized spacial score (nSPS) is 14.4. The number of aromatic amines is 1. The van der Waals surface area contributed by atoms with E-state index in [1.807, 2.05) is 18.2 Å². The molecule has 0 saturated heterocycles. The highest BCUT2D eigenvalue weighted by atomic mass is 32.1. The fourth-order valence-electron chi connectivity index (χ4n) is 5.43. The molecule has 19 heteroatoms. The fraction of sp³-hybridized carbons (Fsp3) is 0.529. The molecule has 296 valence electrons. The highest BCUT2D eigenvalue weighted by Gasteiger charge is 2.39. The zero-order valence-electron chi connectivity index (χ0n) is 29.1. The maximum absolute atomic E-state index is 13.3. The van der Waals surface area contributed by atoms with Crippen LogP contribution in [0.15, 0.2) is 41.2 Å². The predicted molar refractivity (Wildman–Crippen MR) is 185 cm³/mol. The third-order valence-electron chi connectivity index (χ3n) is 8.31. The molecule has 12 nitrogen and oxygen atoms in total. The molecule has 1 aromatic heterocycles. The molecule has 1 aliphatic rings. The molecule has 1 fully saturated rings. The molecular weight excluding hydrogens is 738 g/mol. The summed E-state index contributed by atoms with van der Waals surface area (Å²) in [7, 11) is 0. The Labute approximate surface area is 304 Å². The van der Waals surface area contributed by atoms with Gasteiger partial charge in [-0.15, -0.1) is 0 Å². The third kappa shape index (κ3) is 16.0. The number of alkyl halides is 6. The minimum Gasteiger partial charge on any atom is -0.508 e. The Hall–Kier alpha value is -4.36. The lowest BCUT2D eigenvalue weighted by atomic mass is 9.75. The first-order valence-electron chi connectivity index (χ1n) is 16.5. The summed E-state index contributed by atoms with van der Waals surface area (Å²) in [4.78, 5) is 47.5. The van der Waals surface area contributed by atoms with Gasteiger partial charge in [0, 0.05) is 32.1 Å². The van der Waals surface area contributed by atoms with Crippen molar-refractivity contribution in [2.24, 2.45) is 5.41 Å². The average molecular weight is 783 g/mol. The molecule has 1 saturated carbocycles. The van der Waals surface area contributed by atoms with E-state index in [0.717, 1.165) is 78.8 Å². The van der Waals surface area contributed by atoms with Crippen LogP contribution < -0.4 is 15.5 Å². The summed E-state index contributed by atoms with van der Waals surface area (Å²) >= 11 is 1.13. The number of hydrogen-bond donors (Lipinski definition) is 7. The van der Waals surface area contributed by atoms with Gasteiger partial charge in [-0.2, -0.15) is 26.3 Å². The predicted octanol–water partition coefficient (Wildman–Crippen LogP) is 5.42. The number of thiazole rings is 1. The number of carboxylic acids is 2. The van der Waals surface area contributed by atoms with Crippen LogP contribution in [0, 0.1) is 5.41 Å². The second-order valence-corrected chi connectivity index (χ2v) is 14.0. The summed E-state index contributed by atoms with van der Waals surface area (Å²) in [5, 5.41) is 40.8. The topological polar surface area (TPSA) is 192 Å². The average Bonchev–Trinajstić information content (AvgIpc) is 3.46. The van der Waals surface area contributed by atoms with E-state index in [4.69, 9.17) is 19.8 Å². The number of H-pyrrole nitrogens is 1. The maximum Gasteiger partial charge on any atom is 0.490 e. The number of phenolic OH excluding ortho intramolecular Hbond substituents is 2. The lowest BCUT2D eigenvalue weighted by molar-refractivity contribution is -0.193. The number of carboxylic acid groups (broad SMARTS) is 2. The molecular formula is C34H44F6N4O8S. The molecule has 1 aliphatic carbocycles. The van der Waals surface area contributed by atoms with Gasteiger partial charge in [-0.25, -0.2) is 9.59 Å². The van der Waals surface area contributed by atoms with E-state index < -0.39 is 24.3 Å². The number of halogens is 6. The SMILES string of the molecule is CC1(C)CCC(N(CCNCCc2ccc(O)c3[nH]c(=O)sc23)C(=O)CCNCCc2cccc(O)c2)CC1.O=C(O)C(F)(F)F.O=C(O)C(F)(F)F. The number of phenols is 2.